The summed E-state index contributed by atoms with van der Waals surface area (Å²) in [4.78, 5) is 0. The van der Waals surface area contributed by atoms with Crippen molar-refractivity contribution in [3.8, 4) is 5.75 Å². The van der Waals surface area contributed by atoms with E-state index in [2.05, 4.69) is 12.1 Å². The molecule has 1 aliphatic rings. The maximum Gasteiger partial charge on any atom is 0.122 e. The van der Waals surface area contributed by atoms with Crippen LogP contribution in [0.3, 0.4) is 0 Å². The second kappa shape index (κ2) is 8.28. The van der Waals surface area contributed by atoms with Crippen LogP contribution in [0.15, 0.2) is 24.3 Å². The minimum Gasteiger partial charge on any atom is -0.496 e. The first-order valence-electron chi connectivity index (χ1n) is 7.77. The van der Waals surface area contributed by atoms with Crippen molar-refractivity contribution in [2.75, 3.05) is 20.3 Å². The van der Waals surface area contributed by atoms with Crippen LogP contribution >= 0.6 is 0 Å². The number of hydrogen-bond acceptors (Lipinski definition) is 3. The Hall–Kier alpha value is -1.06. The zero-order valence-electron chi connectivity index (χ0n) is 12.5. The van der Waals surface area contributed by atoms with Gasteiger partial charge in [0.1, 0.15) is 5.75 Å². The molecule has 0 spiro atoms. The van der Waals surface area contributed by atoms with E-state index in [9.17, 15) is 0 Å². The highest BCUT2D eigenvalue weighted by Crippen LogP contribution is 2.24. The van der Waals surface area contributed by atoms with Crippen LogP contribution < -0.4 is 10.5 Å². The zero-order valence-corrected chi connectivity index (χ0v) is 12.5. The zero-order chi connectivity index (χ0) is 14.2. The van der Waals surface area contributed by atoms with Gasteiger partial charge in [0.05, 0.1) is 13.2 Å². The summed E-state index contributed by atoms with van der Waals surface area (Å²) in [6, 6.07) is 8.24. The Kier molecular flexibility index (Phi) is 6.34. The Balaban J connectivity index is 1.79. The lowest BCUT2D eigenvalue weighted by atomic mass is 9.93. The first-order chi connectivity index (χ1) is 9.83. The summed E-state index contributed by atoms with van der Waals surface area (Å²) in [6.45, 7) is 1.69. The molecule has 3 nitrogen and oxygen atoms in total. The Labute approximate surface area is 122 Å². The van der Waals surface area contributed by atoms with Crippen molar-refractivity contribution in [1.82, 2.24) is 0 Å². The fraction of sp³-hybridized carbons (Fsp3) is 0.647. The highest BCUT2D eigenvalue weighted by molar-refractivity contribution is 5.33. The molecule has 0 radical (unpaired) electrons. The smallest absolute Gasteiger partial charge is 0.122 e. The first kappa shape index (κ1) is 15.3. The Morgan fingerprint density at radius 2 is 2.25 bits per heavy atom. The minimum absolute atomic E-state index is 0.500. The molecule has 0 bridgehead atoms. The molecular formula is C17H27NO2. The monoisotopic (exact) mass is 277 g/mol. The van der Waals surface area contributed by atoms with Gasteiger partial charge in [0.2, 0.25) is 0 Å². The first-order valence-corrected chi connectivity index (χ1v) is 7.77. The van der Waals surface area contributed by atoms with E-state index in [1.165, 1.54) is 37.7 Å². The van der Waals surface area contributed by atoms with Crippen molar-refractivity contribution in [2.45, 2.75) is 44.6 Å². The highest BCUT2D eigenvalue weighted by Gasteiger charge is 2.16. The molecule has 1 aromatic carbocycles. The summed E-state index contributed by atoms with van der Waals surface area (Å²) >= 11 is 0. The lowest BCUT2D eigenvalue weighted by molar-refractivity contribution is 0.101. The van der Waals surface area contributed by atoms with Gasteiger partial charge in [-0.1, -0.05) is 24.6 Å². The van der Waals surface area contributed by atoms with Gasteiger partial charge in [0.25, 0.3) is 0 Å². The van der Waals surface area contributed by atoms with E-state index in [4.69, 9.17) is 15.2 Å². The summed E-state index contributed by atoms with van der Waals surface area (Å²) in [7, 11) is 1.73. The molecule has 20 heavy (non-hydrogen) atoms. The summed E-state index contributed by atoms with van der Waals surface area (Å²) in [5, 5.41) is 0. The van der Waals surface area contributed by atoms with Crippen LogP contribution in [0, 0.1) is 5.92 Å². The van der Waals surface area contributed by atoms with Crippen molar-refractivity contribution < 1.29 is 9.47 Å². The minimum atomic E-state index is 0.500. The van der Waals surface area contributed by atoms with Crippen molar-refractivity contribution in [2.24, 2.45) is 11.7 Å². The summed E-state index contributed by atoms with van der Waals surface area (Å²) in [5.41, 5.74) is 7.20. The molecule has 2 atom stereocenters. The van der Waals surface area contributed by atoms with Crippen LogP contribution in [0.4, 0.5) is 0 Å². The number of nitrogens with two attached hydrogens (primary N) is 1. The molecule has 0 saturated carbocycles. The second-order valence-electron chi connectivity index (χ2n) is 5.68. The highest BCUT2D eigenvalue weighted by atomic mass is 16.5. The van der Waals surface area contributed by atoms with Gasteiger partial charge in [-0.2, -0.15) is 0 Å². The van der Waals surface area contributed by atoms with E-state index in [0.29, 0.717) is 12.0 Å². The van der Waals surface area contributed by atoms with Gasteiger partial charge in [0, 0.05) is 6.61 Å². The van der Waals surface area contributed by atoms with Crippen LogP contribution in [0.5, 0.6) is 5.75 Å². The third kappa shape index (κ3) is 4.50. The molecule has 1 saturated heterocycles. The van der Waals surface area contributed by atoms with Crippen molar-refractivity contribution in [1.29, 1.82) is 0 Å². The fourth-order valence-corrected chi connectivity index (χ4v) is 2.99. The molecule has 2 unspecified atom stereocenters. The van der Waals surface area contributed by atoms with Crippen molar-refractivity contribution >= 4 is 0 Å². The number of para-hydroxylation sites is 1. The Morgan fingerprint density at radius 3 is 2.95 bits per heavy atom. The number of benzene rings is 1. The van der Waals surface area contributed by atoms with Gasteiger partial charge in [0.15, 0.2) is 0 Å². The number of hydrogen-bond donors (Lipinski definition) is 1. The number of methoxy groups -OCH3 is 1. The van der Waals surface area contributed by atoms with Crippen LogP contribution in [0.2, 0.25) is 0 Å². The Morgan fingerprint density at radius 1 is 1.40 bits per heavy atom. The molecule has 1 aliphatic heterocycles. The fourth-order valence-electron chi connectivity index (χ4n) is 2.99. The predicted octanol–water partition coefficient (Wildman–Crippen LogP) is 3.16. The van der Waals surface area contributed by atoms with Crippen molar-refractivity contribution in [3.63, 3.8) is 0 Å². The molecule has 1 heterocycles. The molecule has 0 amide bonds. The van der Waals surface area contributed by atoms with Gasteiger partial charge in [-0.05, 0) is 56.2 Å². The van der Waals surface area contributed by atoms with E-state index in [-0.39, 0.29) is 0 Å². The second-order valence-corrected chi connectivity index (χ2v) is 5.68. The van der Waals surface area contributed by atoms with Gasteiger partial charge >= 0.3 is 0 Å². The molecule has 0 aliphatic carbocycles. The maximum atomic E-state index is 5.93. The number of rotatable bonds is 8. The molecule has 1 aromatic rings. The maximum absolute atomic E-state index is 5.93. The molecule has 1 fully saturated rings. The largest absolute Gasteiger partial charge is 0.496 e. The molecule has 2 N–H and O–H groups in total. The lowest BCUT2D eigenvalue weighted by Crippen LogP contribution is -2.18. The van der Waals surface area contributed by atoms with Crippen LogP contribution in [0.1, 0.15) is 37.7 Å². The van der Waals surface area contributed by atoms with E-state index >= 15 is 0 Å². The molecule has 2 rings (SSSR count). The Bertz CT molecular complexity index is 388. The normalized spacial score (nSPS) is 20.0. The van der Waals surface area contributed by atoms with Gasteiger partial charge in [-0.3, -0.25) is 0 Å². The van der Waals surface area contributed by atoms with Crippen LogP contribution in [-0.2, 0) is 11.2 Å². The topological polar surface area (TPSA) is 44.5 Å². The summed E-state index contributed by atoms with van der Waals surface area (Å²) < 4.78 is 11.1. The molecular weight excluding hydrogens is 250 g/mol. The van der Waals surface area contributed by atoms with E-state index in [1.807, 2.05) is 12.1 Å². The molecule has 3 heteroatoms. The van der Waals surface area contributed by atoms with Gasteiger partial charge < -0.3 is 15.2 Å². The molecule has 112 valence electrons. The molecule has 0 aromatic heterocycles. The third-order valence-electron chi connectivity index (χ3n) is 4.20. The van der Waals surface area contributed by atoms with Crippen LogP contribution in [-0.4, -0.2) is 26.4 Å². The predicted molar refractivity (Wildman–Crippen MR) is 82.1 cm³/mol. The van der Waals surface area contributed by atoms with E-state index in [1.54, 1.807) is 7.11 Å². The van der Waals surface area contributed by atoms with Gasteiger partial charge in [-0.15, -0.1) is 0 Å². The van der Waals surface area contributed by atoms with Crippen molar-refractivity contribution in [3.05, 3.63) is 29.8 Å². The SMILES string of the molecule is COc1ccccc1CC(CN)CCCC1CCCO1. The average Bonchev–Trinajstić information content (AvgIpc) is 3.00. The van der Waals surface area contributed by atoms with E-state index < -0.39 is 0 Å². The summed E-state index contributed by atoms with van der Waals surface area (Å²) in [6.07, 6.45) is 7.54. The average molecular weight is 277 g/mol. The van der Waals surface area contributed by atoms with Crippen LogP contribution in [0.25, 0.3) is 0 Å². The van der Waals surface area contributed by atoms with Gasteiger partial charge in [-0.25, -0.2) is 0 Å². The lowest BCUT2D eigenvalue weighted by Gasteiger charge is -2.17. The standard InChI is InChI=1S/C17H27NO2/c1-19-17-10-3-2-7-15(17)12-14(13-18)6-4-8-16-9-5-11-20-16/h2-3,7,10,14,16H,4-6,8-9,11-13,18H2,1H3. The van der Waals surface area contributed by atoms with E-state index in [0.717, 1.165) is 25.3 Å². The number of ether oxygens (including phenoxy) is 2. The quantitative estimate of drug-likeness (QED) is 0.794. The summed E-state index contributed by atoms with van der Waals surface area (Å²) in [5.74, 6) is 1.51. The third-order valence-corrected chi connectivity index (χ3v) is 4.20.